The SMILES string of the molecule is CNC(=O)CC[C@@H](NC(=O)CN1CCN(CC(=O)O)CCN(CC(=O)O)CCN(CC(=O)O)CC1)C(=O)NCCCOCCOCCOCCCNC(=O)CCCOc1cc(C)c(S(=O)(=O)N[C@@H](CNC(=O)c2cn(C)c3cc(CNc4ncc[nH]4)ccc3c2=O)C(=O)O)c(C)c1. The van der Waals surface area contributed by atoms with Gasteiger partial charge < -0.3 is 80.8 Å². The van der Waals surface area contributed by atoms with Crippen LogP contribution in [0.5, 0.6) is 5.75 Å². The summed E-state index contributed by atoms with van der Waals surface area (Å²) in [6, 6.07) is 5.18. The van der Waals surface area contributed by atoms with Crippen LogP contribution in [0.15, 0.2) is 58.6 Å². The number of aryl methyl sites for hydroxylation is 3. The van der Waals surface area contributed by atoms with Crippen molar-refractivity contribution in [1.82, 2.24) is 65.4 Å². The van der Waals surface area contributed by atoms with E-state index >= 15 is 0 Å². The first-order valence-electron chi connectivity index (χ1n) is 31.8. The Labute approximate surface area is 561 Å². The van der Waals surface area contributed by atoms with Gasteiger partial charge in [-0.1, -0.05) is 6.07 Å². The monoisotopic (exact) mass is 1380 g/mol. The van der Waals surface area contributed by atoms with E-state index in [2.05, 4.69) is 46.6 Å². The van der Waals surface area contributed by atoms with E-state index in [1.54, 1.807) is 61.8 Å². The van der Waals surface area contributed by atoms with Gasteiger partial charge in [-0.2, -0.15) is 4.72 Å². The average Bonchev–Trinajstić information content (AvgIpc) is 1.15. The number of sulfonamides is 1. The third kappa shape index (κ3) is 28.9. The Morgan fingerprint density at radius 3 is 1.72 bits per heavy atom. The number of imidazole rings is 1. The number of hydrogen-bond donors (Lipinski definition) is 12. The number of aromatic nitrogens is 3. The van der Waals surface area contributed by atoms with Gasteiger partial charge in [0.25, 0.3) is 5.91 Å². The standard InChI is InChI=1S/C62H92N14O20S/c1-42-32-45(33-43(2)58(42)97(91,92)71-49(61(89)90)36-68-59(87)47-37-72(4)50-34-44(9-10-46(50)57(47)86)35-69-62-66-15-16-67-62)96-27-5-8-52(78)64-13-6-25-93-28-30-95-31-29-94-26-7-14-65-60(88)48(11-12-51(77)63-3)70-53(79)38-73-17-19-74(39-54(80)81)21-23-76(41-56(84)85)24-22-75(20-18-73)40-55(82)83/h9-10,15-16,32-34,37,48-49,71H,5-8,11-14,17-31,35-36,38-41H2,1-4H3,(H,63,77)(H,64,78)(H,65,88)(H,68,87)(H,70,79)(H,80,81)(H,82,83)(H,84,85)(H,89,90)(H2,66,67,69)/t48-,49+/m1/s1. The molecule has 97 heavy (non-hydrogen) atoms. The summed E-state index contributed by atoms with van der Waals surface area (Å²) in [6.07, 6.45) is 6.00. The van der Waals surface area contributed by atoms with Crippen molar-refractivity contribution in [2.75, 3.05) is 157 Å². The second-order valence-corrected chi connectivity index (χ2v) is 24.6. The minimum atomic E-state index is -4.48. The smallest absolute Gasteiger partial charge is 0.323 e. The molecule has 4 aromatic rings. The van der Waals surface area contributed by atoms with Crippen molar-refractivity contribution in [3.63, 3.8) is 0 Å². The lowest BCUT2D eigenvalue weighted by Gasteiger charge is -2.33. The molecular formula is C62H92N14O20S. The summed E-state index contributed by atoms with van der Waals surface area (Å²) in [5.41, 5.74) is 1.03. The molecule has 12 N–H and O–H groups in total. The van der Waals surface area contributed by atoms with E-state index in [1.165, 1.54) is 39.2 Å². The molecule has 34 nitrogen and oxygen atoms in total. The van der Waals surface area contributed by atoms with E-state index in [-0.39, 0.29) is 170 Å². The fraction of sp³-hybridized carbons (Fsp3) is 0.565. The number of anilines is 1. The fourth-order valence-corrected chi connectivity index (χ4v) is 12.0. The molecule has 0 radical (unpaired) electrons. The molecule has 536 valence electrons. The third-order valence-electron chi connectivity index (χ3n) is 15.3. The molecule has 5 amide bonds. The molecule has 0 bridgehead atoms. The Hall–Kier alpha value is -8.68. The quantitative estimate of drug-likeness (QED) is 0.0221. The van der Waals surface area contributed by atoms with Gasteiger partial charge >= 0.3 is 23.9 Å². The molecule has 0 saturated carbocycles. The molecule has 1 aliphatic rings. The highest BCUT2D eigenvalue weighted by atomic mass is 32.2. The Morgan fingerprint density at radius 2 is 1.20 bits per heavy atom. The van der Waals surface area contributed by atoms with Crippen LogP contribution < -0.4 is 46.8 Å². The molecule has 1 aliphatic heterocycles. The lowest BCUT2D eigenvalue weighted by Crippen LogP contribution is -2.52. The Balaban J connectivity index is 0.920. The van der Waals surface area contributed by atoms with E-state index in [4.69, 9.17) is 18.9 Å². The lowest BCUT2D eigenvalue weighted by molar-refractivity contribution is -0.140. The number of ether oxygens (including phenoxy) is 4. The molecule has 1 fully saturated rings. The summed E-state index contributed by atoms with van der Waals surface area (Å²) in [5.74, 6) is -6.42. The van der Waals surface area contributed by atoms with Gasteiger partial charge in [-0.15, -0.1) is 0 Å². The van der Waals surface area contributed by atoms with Crippen LogP contribution in [0.3, 0.4) is 0 Å². The van der Waals surface area contributed by atoms with Crippen molar-refractivity contribution >= 4 is 80.3 Å². The van der Waals surface area contributed by atoms with E-state index < -0.39 is 75.7 Å². The van der Waals surface area contributed by atoms with E-state index in [0.29, 0.717) is 69.4 Å². The highest BCUT2D eigenvalue weighted by molar-refractivity contribution is 7.89. The number of H-pyrrole nitrogens is 1. The zero-order chi connectivity index (χ0) is 70.9. The summed E-state index contributed by atoms with van der Waals surface area (Å²) in [7, 11) is -1.38. The van der Waals surface area contributed by atoms with Crippen LogP contribution in [0, 0.1) is 13.8 Å². The van der Waals surface area contributed by atoms with E-state index in [1.807, 2.05) is 0 Å². The fourth-order valence-electron chi connectivity index (χ4n) is 10.3. The van der Waals surface area contributed by atoms with Gasteiger partial charge in [0.15, 0.2) is 5.95 Å². The second-order valence-electron chi connectivity index (χ2n) is 23.0. The number of fused-ring (bicyclic) bond motifs is 1. The van der Waals surface area contributed by atoms with Gasteiger partial charge in [-0.25, -0.2) is 13.4 Å². The Bertz CT molecular complexity index is 3390. The second kappa shape index (κ2) is 41.4. The number of carboxylic acid groups (broad SMARTS) is 4. The van der Waals surface area contributed by atoms with Crippen LogP contribution in [0.25, 0.3) is 10.9 Å². The molecule has 2 aromatic heterocycles. The number of carbonyl (C=O) groups excluding carboxylic acids is 5. The minimum absolute atomic E-state index is 0.00791. The number of nitrogens with one attached hydrogen (secondary N) is 8. The van der Waals surface area contributed by atoms with Crippen molar-refractivity contribution in [3.8, 4) is 5.75 Å². The van der Waals surface area contributed by atoms with Crippen molar-refractivity contribution in [1.29, 1.82) is 0 Å². The normalized spacial score (nSPS) is 14.5. The van der Waals surface area contributed by atoms with Gasteiger partial charge in [0, 0.05) is 143 Å². The van der Waals surface area contributed by atoms with Gasteiger partial charge in [-0.3, -0.25) is 67.5 Å². The largest absolute Gasteiger partial charge is 0.494 e. The average molecular weight is 1390 g/mol. The first kappa shape index (κ1) is 79.0. The summed E-state index contributed by atoms with van der Waals surface area (Å²) in [6.45, 7) is 5.67. The number of carbonyl (C=O) groups is 9. The number of carboxylic acids is 4. The maximum absolute atomic E-state index is 13.7. The molecule has 3 heterocycles. The van der Waals surface area contributed by atoms with Gasteiger partial charge in [-0.05, 0) is 80.5 Å². The summed E-state index contributed by atoms with van der Waals surface area (Å²) in [4.78, 5) is 139. The molecule has 2 aromatic carbocycles. The van der Waals surface area contributed by atoms with Crippen molar-refractivity contribution in [2.24, 2.45) is 7.05 Å². The number of aromatic amines is 1. The van der Waals surface area contributed by atoms with Gasteiger partial charge in [0.2, 0.25) is 39.1 Å². The predicted molar refractivity (Wildman–Crippen MR) is 351 cm³/mol. The maximum atomic E-state index is 13.7. The highest BCUT2D eigenvalue weighted by Gasteiger charge is 2.30. The Kier molecular flexibility index (Phi) is 33.7. The highest BCUT2D eigenvalue weighted by Crippen LogP contribution is 2.26. The van der Waals surface area contributed by atoms with Crippen molar-refractivity contribution in [2.45, 2.75) is 75.9 Å². The first-order valence-corrected chi connectivity index (χ1v) is 33.3. The summed E-state index contributed by atoms with van der Waals surface area (Å²) < 4.78 is 53.7. The van der Waals surface area contributed by atoms with Crippen molar-refractivity contribution in [3.05, 3.63) is 81.4 Å². The third-order valence-corrected chi connectivity index (χ3v) is 17.1. The minimum Gasteiger partial charge on any atom is -0.494 e. The number of pyridine rings is 1. The molecule has 0 spiro atoms. The summed E-state index contributed by atoms with van der Waals surface area (Å²) in [5, 5.41) is 55.1. The zero-order valence-electron chi connectivity index (χ0n) is 55.2. The molecule has 35 heteroatoms. The number of nitrogens with zero attached hydrogens (tertiary/aromatic N) is 6. The van der Waals surface area contributed by atoms with Crippen LogP contribution in [0.2, 0.25) is 0 Å². The number of aliphatic carboxylic acids is 4. The lowest BCUT2D eigenvalue weighted by atomic mass is 10.1. The summed E-state index contributed by atoms with van der Waals surface area (Å²) >= 11 is 0. The maximum Gasteiger partial charge on any atom is 0.323 e. The molecular weight excluding hydrogens is 1290 g/mol. The van der Waals surface area contributed by atoms with Crippen LogP contribution in [0.4, 0.5) is 5.95 Å². The van der Waals surface area contributed by atoms with Crippen LogP contribution in [0.1, 0.15) is 65.6 Å². The van der Waals surface area contributed by atoms with E-state index in [9.17, 15) is 76.8 Å². The topological polar surface area (TPSA) is 453 Å². The van der Waals surface area contributed by atoms with E-state index in [0.717, 1.165) is 5.56 Å². The number of rotatable bonds is 42. The molecule has 5 rings (SSSR count). The van der Waals surface area contributed by atoms with Crippen LogP contribution in [-0.2, 0) is 76.2 Å². The van der Waals surface area contributed by atoms with Gasteiger partial charge in [0.05, 0.1) is 69.6 Å². The van der Waals surface area contributed by atoms with Crippen molar-refractivity contribution < 1.29 is 90.9 Å². The number of amides is 5. The number of hydrogen-bond acceptors (Lipinski definition) is 22. The van der Waals surface area contributed by atoms with Crippen LogP contribution >= 0.6 is 0 Å². The molecule has 2 atom stereocenters. The zero-order valence-corrected chi connectivity index (χ0v) is 56.0. The molecule has 1 saturated heterocycles. The Morgan fingerprint density at radius 1 is 0.649 bits per heavy atom. The number of benzene rings is 2. The molecule has 0 aliphatic carbocycles. The van der Waals surface area contributed by atoms with Crippen LogP contribution in [-0.4, -0.2) is 280 Å². The van der Waals surface area contributed by atoms with Gasteiger partial charge in [0.1, 0.15) is 23.4 Å². The predicted octanol–water partition coefficient (Wildman–Crippen LogP) is -1.64. The first-order chi connectivity index (χ1) is 46.3. The molecule has 0 unspecified atom stereocenters.